The molecule has 0 saturated heterocycles. The van der Waals surface area contributed by atoms with Crippen molar-refractivity contribution in [2.75, 3.05) is 6.54 Å². The van der Waals surface area contributed by atoms with E-state index in [0.29, 0.717) is 12.3 Å². The van der Waals surface area contributed by atoms with Gasteiger partial charge in [-0.2, -0.15) is 0 Å². The monoisotopic (exact) mass is 363 g/mol. The third-order valence-corrected chi connectivity index (χ3v) is 5.02. The van der Waals surface area contributed by atoms with E-state index >= 15 is 0 Å². The Bertz CT molecular complexity index is 791. The summed E-state index contributed by atoms with van der Waals surface area (Å²) in [6.07, 6.45) is 0.821. The Hall–Kier alpha value is -1.59. The maximum Gasteiger partial charge on any atom is 0.287 e. The smallest absolute Gasteiger partial charge is 0.287 e. The molecule has 0 aliphatic carbocycles. The molecule has 0 atom stereocenters. The lowest BCUT2D eigenvalue weighted by molar-refractivity contribution is 0.0928. The molecule has 0 aliphatic heterocycles. The molecule has 0 saturated carbocycles. The highest BCUT2D eigenvalue weighted by Gasteiger charge is 2.16. The van der Waals surface area contributed by atoms with Gasteiger partial charge in [0.25, 0.3) is 5.91 Å². The molecule has 0 fully saturated rings. The van der Waals surface area contributed by atoms with Gasteiger partial charge in [-0.25, -0.2) is 0 Å². The molecule has 0 aliphatic rings. The molecular weight excluding hydrogens is 350 g/mol. The Morgan fingerprint density at radius 2 is 2.10 bits per heavy atom. The zero-order valence-corrected chi connectivity index (χ0v) is 13.9. The summed E-state index contributed by atoms with van der Waals surface area (Å²) in [6.45, 7) is 2.51. The highest BCUT2D eigenvalue weighted by molar-refractivity contribution is 9.11. The number of aryl methyl sites for hydroxylation is 1. The van der Waals surface area contributed by atoms with Gasteiger partial charge in [0.15, 0.2) is 5.76 Å². The summed E-state index contributed by atoms with van der Waals surface area (Å²) in [5, 5.41) is 3.91. The molecule has 108 valence electrons. The van der Waals surface area contributed by atoms with Crippen molar-refractivity contribution in [3.63, 3.8) is 0 Å². The molecule has 3 nitrogen and oxygen atoms in total. The fourth-order valence-corrected chi connectivity index (χ4v) is 3.74. The number of fused-ring (bicyclic) bond motifs is 1. The van der Waals surface area contributed by atoms with Crippen molar-refractivity contribution >= 4 is 44.1 Å². The minimum absolute atomic E-state index is 0.153. The number of benzene rings is 1. The molecule has 3 rings (SSSR count). The Morgan fingerprint density at radius 3 is 2.81 bits per heavy atom. The zero-order valence-electron chi connectivity index (χ0n) is 11.5. The van der Waals surface area contributed by atoms with Crippen LogP contribution >= 0.6 is 27.3 Å². The quantitative estimate of drug-likeness (QED) is 0.739. The first-order valence-electron chi connectivity index (χ1n) is 6.65. The molecule has 3 aromatic rings. The summed E-state index contributed by atoms with van der Waals surface area (Å²) in [5.41, 5.74) is 1.64. The van der Waals surface area contributed by atoms with E-state index in [0.717, 1.165) is 26.7 Å². The van der Waals surface area contributed by atoms with E-state index in [9.17, 15) is 4.79 Å². The molecule has 0 radical (unpaired) electrons. The minimum Gasteiger partial charge on any atom is -0.451 e. The fourth-order valence-electron chi connectivity index (χ4n) is 2.26. The van der Waals surface area contributed by atoms with E-state index in [2.05, 4.69) is 27.3 Å². The van der Waals surface area contributed by atoms with Crippen LogP contribution in [0.2, 0.25) is 0 Å². The van der Waals surface area contributed by atoms with Crippen LogP contribution in [-0.4, -0.2) is 12.5 Å². The number of nitrogens with one attached hydrogen (secondary N) is 1. The predicted molar refractivity (Wildman–Crippen MR) is 89.0 cm³/mol. The van der Waals surface area contributed by atoms with Crippen molar-refractivity contribution in [1.82, 2.24) is 5.32 Å². The van der Waals surface area contributed by atoms with Crippen LogP contribution in [0, 0.1) is 6.92 Å². The Morgan fingerprint density at radius 1 is 1.29 bits per heavy atom. The number of amides is 1. The summed E-state index contributed by atoms with van der Waals surface area (Å²) < 4.78 is 6.76. The first-order valence-corrected chi connectivity index (χ1v) is 8.26. The zero-order chi connectivity index (χ0) is 14.8. The molecule has 21 heavy (non-hydrogen) atoms. The van der Waals surface area contributed by atoms with Gasteiger partial charge in [-0.05, 0) is 47.5 Å². The third kappa shape index (κ3) is 3.04. The molecule has 1 aromatic carbocycles. The van der Waals surface area contributed by atoms with Crippen molar-refractivity contribution in [3.05, 3.63) is 56.4 Å². The van der Waals surface area contributed by atoms with Gasteiger partial charge < -0.3 is 9.73 Å². The van der Waals surface area contributed by atoms with Gasteiger partial charge >= 0.3 is 0 Å². The van der Waals surface area contributed by atoms with Crippen molar-refractivity contribution in [2.45, 2.75) is 13.3 Å². The van der Waals surface area contributed by atoms with Crippen molar-refractivity contribution in [1.29, 1.82) is 0 Å². The number of para-hydroxylation sites is 1. The molecular formula is C16H14BrNO2S. The van der Waals surface area contributed by atoms with Crippen LogP contribution in [0.3, 0.4) is 0 Å². The van der Waals surface area contributed by atoms with E-state index in [4.69, 9.17) is 4.42 Å². The number of hydrogen-bond acceptors (Lipinski definition) is 3. The number of furan rings is 1. The van der Waals surface area contributed by atoms with Crippen LogP contribution in [0.1, 0.15) is 21.0 Å². The van der Waals surface area contributed by atoms with Gasteiger partial charge in [0, 0.05) is 22.4 Å². The largest absolute Gasteiger partial charge is 0.451 e. The molecule has 2 aromatic heterocycles. The Labute approximate surface area is 135 Å². The van der Waals surface area contributed by atoms with Gasteiger partial charge in [0.2, 0.25) is 0 Å². The average Bonchev–Trinajstić information content (AvgIpc) is 3.03. The molecule has 2 heterocycles. The van der Waals surface area contributed by atoms with E-state index in [1.165, 1.54) is 4.88 Å². The topological polar surface area (TPSA) is 42.2 Å². The second-order valence-corrected chi connectivity index (χ2v) is 7.31. The molecule has 0 spiro atoms. The third-order valence-electron chi connectivity index (χ3n) is 3.34. The lowest BCUT2D eigenvalue weighted by Crippen LogP contribution is -2.25. The van der Waals surface area contributed by atoms with Gasteiger partial charge in [0.05, 0.1) is 3.79 Å². The molecule has 5 heteroatoms. The molecule has 0 bridgehead atoms. The SMILES string of the molecule is Cc1c(C(=O)NCCc2ccc(Br)s2)oc2ccccc12. The highest BCUT2D eigenvalue weighted by Crippen LogP contribution is 2.25. The number of carbonyl (C=O) groups excluding carboxylic acids is 1. The number of hydrogen-bond donors (Lipinski definition) is 1. The van der Waals surface area contributed by atoms with Gasteiger partial charge in [-0.1, -0.05) is 18.2 Å². The van der Waals surface area contributed by atoms with Crippen molar-refractivity contribution in [3.8, 4) is 0 Å². The van der Waals surface area contributed by atoms with Crippen LogP contribution in [0.4, 0.5) is 0 Å². The van der Waals surface area contributed by atoms with E-state index in [-0.39, 0.29) is 5.91 Å². The van der Waals surface area contributed by atoms with Crippen LogP contribution in [-0.2, 0) is 6.42 Å². The van der Waals surface area contributed by atoms with E-state index in [1.807, 2.05) is 37.3 Å². The Kier molecular flexibility index (Phi) is 4.12. The van der Waals surface area contributed by atoms with Crippen LogP contribution in [0.15, 0.2) is 44.6 Å². The number of rotatable bonds is 4. The van der Waals surface area contributed by atoms with Gasteiger partial charge in [-0.15, -0.1) is 11.3 Å². The first kappa shape index (κ1) is 14.4. The first-order chi connectivity index (χ1) is 10.1. The standard InChI is InChI=1S/C16H14BrNO2S/c1-10-12-4-2-3-5-13(12)20-15(10)16(19)18-9-8-11-6-7-14(17)21-11/h2-7H,8-9H2,1H3,(H,18,19). The summed E-state index contributed by atoms with van der Waals surface area (Å²) in [5.74, 6) is 0.253. The number of carbonyl (C=O) groups is 1. The van der Waals surface area contributed by atoms with E-state index < -0.39 is 0 Å². The molecule has 1 N–H and O–H groups in total. The summed E-state index contributed by atoms with van der Waals surface area (Å²) >= 11 is 5.12. The second-order valence-electron chi connectivity index (χ2n) is 4.76. The lowest BCUT2D eigenvalue weighted by atomic mass is 10.1. The van der Waals surface area contributed by atoms with Crippen molar-refractivity contribution in [2.24, 2.45) is 0 Å². The summed E-state index contributed by atoms with van der Waals surface area (Å²) in [7, 11) is 0. The summed E-state index contributed by atoms with van der Waals surface area (Å²) in [4.78, 5) is 13.5. The second kappa shape index (κ2) is 6.03. The normalized spacial score (nSPS) is 11.0. The van der Waals surface area contributed by atoms with E-state index in [1.54, 1.807) is 11.3 Å². The molecule has 1 amide bonds. The van der Waals surface area contributed by atoms with Crippen LogP contribution in [0.5, 0.6) is 0 Å². The molecule has 0 unspecified atom stereocenters. The minimum atomic E-state index is -0.153. The fraction of sp³-hybridized carbons (Fsp3) is 0.188. The predicted octanol–water partition coefficient (Wildman–Crippen LogP) is 4.54. The van der Waals surface area contributed by atoms with Gasteiger partial charge in [-0.3, -0.25) is 4.79 Å². The van der Waals surface area contributed by atoms with Crippen molar-refractivity contribution < 1.29 is 9.21 Å². The van der Waals surface area contributed by atoms with Crippen LogP contribution in [0.25, 0.3) is 11.0 Å². The Balaban J connectivity index is 1.68. The average molecular weight is 364 g/mol. The maximum absolute atomic E-state index is 12.2. The number of thiophene rings is 1. The highest BCUT2D eigenvalue weighted by atomic mass is 79.9. The lowest BCUT2D eigenvalue weighted by Gasteiger charge is -2.02. The summed E-state index contributed by atoms with van der Waals surface area (Å²) in [6, 6.07) is 11.8. The van der Waals surface area contributed by atoms with Crippen LogP contribution < -0.4 is 5.32 Å². The number of halogens is 1. The maximum atomic E-state index is 12.2. The van der Waals surface area contributed by atoms with Gasteiger partial charge in [0.1, 0.15) is 5.58 Å².